The maximum Gasteiger partial charge on any atom is 0.148 e. The van der Waals surface area contributed by atoms with E-state index in [1.54, 1.807) is 6.20 Å². The Balaban J connectivity index is 2.02. The summed E-state index contributed by atoms with van der Waals surface area (Å²) in [7, 11) is 0. The minimum atomic E-state index is 0.573. The van der Waals surface area contributed by atoms with E-state index in [4.69, 9.17) is 0 Å². The number of piperazine rings is 1. The summed E-state index contributed by atoms with van der Waals surface area (Å²) < 4.78 is 0.957. The Labute approximate surface area is 116 Å². The van der Waals surface area contributed by atoms with Gasteiger partial charge in [0.1, 0.15) is 9.52 Å². The molecule has 2 rings (SSSR count). The molecule has 0 aromatic carbocycles. The van der Waals surface area contributed by atoms with Crippen molar-refractivity contribution in [1.29, 1.82) is 0 Å². The van der Waals surface area contributed by atoms with Crippen LogP contribution in [0.4, 0.5) is 5.82 Å². The number of nitrogens with zero attached hydrogens (tertiary/aromatic N) is 3. The fourth-order valence-corrected chi connectivity index (χ4v) is 2.65. The Morgan fingerprint density at radius 1 is 1.53 bits per heavy atom. The molecule has 94 valence electrons. The first-order valence-corrected chi connectivity index (χ1v) is 7.19. The quantitative estimate of drug-likeness (QED) is 0.849. The fourth-order valence-electron chi connectivity index (χ4n) is 2.25. The summed E-state index contributed by atoms with van der Waals surface area (Å²) in [5.74, 6) is 1.74. The normalized spacial score (nSPS) is 20.9. The van der Waals surface area contributed by atoms with Crippen molar-refractivity contribution in [2.24, 2.45) is 5.92 Å². The molecular weight excluding hydrogens is 327 g/mol. The van der Waals surface area contributed by atoms with E-state index < -0.39 is 0 Å². The third-order valence-corrected chi connectivity index (χ3v) is 3.45. The molecule has 1 atom stereocenters. The van der Waals surface area contributed by atoms with Gasteiger partial charge in [-0.25, -0.2) is 4.98 Å². The average Bonchev–Trinajstić information content (AvgIpc) is 2.28. The second kappa shape index (κ2) is 5.95. The molecule has 1 unspecified atom stereocenters. The van der Waals surface area contributed by atoms with Gasteiger partial charge >= 0.3 is 0 Å². The van der Waals surface area contributed by atoms with E-state index in [9.17, 15) is 0 Å². The monoisotopic (exact) mass is 346 g/mol. The average molecular weight is 346 g/mol. The lowest BCUT2D eigenvalue weighted by Gasteiger charge is -2.35. The van der Waals surface area contributed by atoms with Crippen molar-refractivity contribution in [2.45, 2.75) is 26.3 Å². The number of hydrogen-bond donors (Lipinski definition) is 1. The lowest BCUT2D eigenvalue weighted by Crippen LogP contribution is -2.51. The summed E-state index contributed by atoms with van der Waals surface area (Å²) in [5.41, 5.74) is 0. The summed E-state index contributed by atoms with van der Waals surface area (Å²) in [5, 5.41) is 3.57. The van der Waals surface area contributed by atoms with Crippen molar-refractivity contribution in [3.8, 4) is 0 Å². The Morgan fingerprint density at radius 2 is 2.35 bits per heavy atom. The molecule has 5 heteroatoms. The van der Waals surface area contributed by atoms with E-state index in [0.717, 1.165) is 35.1 Å². The summed E-state index contributed by atoms with van der Waals surface area (Å²) in [6, 6.07) is 0.573. The van der Waals surface area contributed by atoms with E-state index in [2.05, 4.69) is 56.6 Å². The molecule has 1 aliphatic heterocycles. The van der Waals surface area contributed by atoms with Gasteiger partial charge < -0.3 is 10.2 Å². The smallest absolute Gasteiger partial charge is 0.148 e. The number of halogens is 1. The van der Waals surface area contributed by atoms with E-state index >= 15 is 0 Å². The molecule has 1 aromatic heterocycles. The first-order chi connectivity index (χ1) is 8.15. The van der Waals surface area contributed by atoms with Crippen LogP contribution in [0.3, 0.4) is 0 Å². The van der Waals surface area contributed by atoms with Gasteiger partial charge in [0.15, 0.2) is 0 Å². The van der Waals surface area contributed by atoms with Crippen LogP contribution in [0, 0.1) is 9.62 Å². The summed E-state index contributed by atoms with van der Waals surface area (Å²) in [6.45, 7) is 7.62. The first kappa shape index (κ1) is 13.0. The van der Waals surface area contributed by atoms with Gasteiger partial charge in [0, 0.05) is 25.7 Å². The maximum absolute atomic E-state index is 4.53. The van der Waals surface area contributed by atoms with Crippen LogP contribution in [0.1, 0.15) is 20.3 Å². The molecule has 0 bridgehead atoms. The van der Waals surface area contributed by atoms with Crippen LogP contribution in [-0.2, 0) is 0 Å². The third kappa shape index (κ3) is 3.77. The van der Waals surface area contributed by atoms with Gasteiger partial charge in [0.2, 0.25) is 0 Å². The predicted molar refractivity (Wildman–Crippen MR) is 78.2 cm³/mol. The number of hydrogen-bond acceptors (Lipinski definition) is 4. The number of aromatic nitrogens is 2. The van der Waals surface area contributed by atoms with Crippen molar-refractivity contribution < 1.29 is 0 Å². The van der Waals surface area contributed by atoms with Gasteiger partial charge in [-0.15, -0.1) is 0 Å². The second-order valence-corrected chi connectivity index (χ2v) is 6.03. The Kier molecular flexibility index (Phi) is 4.55. The molecule has 1 fully saturated rings. The van der Waals surface area contributed by atoms with Gasteiger partial charge in [0.25, 0.3) is 0 Å². The molecule has 1 aliphatic rings. The Morgan fingerprint density at radius 3 is 3.06 bits per heavy atom. The molecule has 0 saturated carbocycles. The van der Waals surface area contributed by atoms with Crippen LogP contribution in [0.2, 0.25) is 0 Å². The zero-order chi connectivity index (χ0) is 12.3. The molecule has 1 N–H and O–H groups in total. The van der Waals surface area contributed by atoms with Crippen molar-refractivity contribution in [2.75, 3.05) is 24.5 Å². The molecule has 2 heterocycles. The van der Waals surface area contributed by atoms with Crippen LogP contribution in [0.5, 0.6) is 0 Å². The predicted octanol–water partition coefficient (Wildman–Crippen LogP) is 1.91. The first-order valence-electron chi connectivity index (χ1n) is 6.11. The summed E-state index contributed by atoms with van der Waals surface area (Å²) in [4.78, 5) is 11.1. The molecule has 4 nitrogen and oxygen atoms in total. The van der Waals surface area contributed by atoms with E-state index in [1.165, 1.54) is 6.42 Å². The van der Waals surface area contributed by atoms with E-state index in [0.29, 0.717) is 6.04 Å². The highest BCUT2D eigenvalue weighted by Gasteiger charge is 2.21. The van der Waals surface area contributed by atoms with E-state index in [-0.39, 0.29) is 0 Å². The van der Waals surface area contributed by atoms with Crippen molar-refractivity contribution in [3.05, 3.63) is 16.1 Å². The van der Waals surface area contributed by atoms with Gasteiger partial charge in [-0.1, -0.05) is 13.8 Å². The van der Waals surface area contributed by atoms with Crippen LogP contribution < -0.4 is 10.2 Å². The number of anilines is 1. The van der Waals surface area contributed by atoms with Crippen LogP contribution in [0.15, 0.2) is 12.4 Å². The molecule has 0 radical (unpaired) electrons. The minimum absolute atomic E-state index is 0.573. The standard InChI is InChI=1S/C12H19IN4/c1-9(2)5-10-8-17(4-3-15-10)12-7-14-6-11(13)16-12/h6-7,9-10,15H,3-5,8H2,1-2H3. The van der Waals surface area contributed by atoms with Gasteiger partial charge in [0.05, 0.1) is 12.4 Å². The third-order valence-electron chi connectivity index (χ3n) is 2.93. The zero-order valence-corrected chi connectivity index (χ0v) is 12.5. The highest BCUT2D eigenvalue weighted by Crippen LogP contribution is 2.16. The fraction of sp³-hybridized carbons (Fsp3) is 0.667. The van der Waals surface area contributed by atoms with Crippen molar-refractivity contribution in [1.82, 2.24) is 15.3 Å². The highest BCUT2D eigenvalue weighted by molar-refractivity contribution is 14.1. The van der Waals surface area contributed by atoms with Gasteiger partial charge in [-0.2, -0.15) is 0 Å². The second-order valence-electron chi connectivity index (χ2n) is 4.93. The van der Waals surface area contributed by atoms with Crippen molar-refractivity contribution in [3.63, 3.8) is 0 Å². The Bertz CT molecular complexity index is 369. The molecule has 0 aliphatic carbocycles. The topological polar surface area (TPSA) is 41.1 Å². The molecule has 1 aromatic rings. The molecule has 1 saturated heterocycles. The summed E-state index contributed by atoms with van der Waals surface area (Å²) >= 11 is 2.21. The van der Waals surface area contributed by atoms with Gasteiger partial charge in [-0.05, 0) is 34.9 Å². The maximum atomic E-state index is 4.53. The van der Waals surface area contributed by atoms with E-state index in [1.807, 2.05) is 6.20 Å². The molecule has 17 heavy (non-hydrogen) atoms. The largest absolute Gasteiger partial charge is 0.352 e. The lowest BCUT2D eigenvalue weighted by atomic mass is 10.0. The van der Waals surface area contributed by atoms with Crippen LogP contribution >= 0.6 is 22.6 Å². The lowest BCUT2D eigenvalue weighted by molar-refractivity contribution is 0.387. The minimum Gasteiger partial charge on any atom is -0.352 e. The SMILES string of the molecule is CC(C)CC1CN(c2cncc(I)n2)CCN1. The molecule has 0 spiro atoms. The zero-order valence-electron chi connectivity index (χ0n) is 10.4. The van der Waals surface area contributed by atoms with Crippen LogP contribution in [-0.4, -0.2) is 35.6 Å². The number of rotatable bonds is 3. The molecule has 0 amide bonds. The number of nitrogens with one attached hydrogen (secondary N) is 1. The molecular formula is C12H19IN4. The Hall–Kier alpha value is -0.430. The highest BCUT2D eigenvalue weighted by atomic mass is 127. The summed E-state index contributed by atoms with van der Waals surface area (Å²) in [6.07, 6.45) is 4.87. The van der Waals surface area contributed by atoms with Crippen molar-refractivity contribution >= 4 is 28.4 Å². The van der Waals surface area contributed by atoms with Crippen LogP contribution in [0.25, 0.3) is 0 Å². The van der Waals surface area contributed by atoms with Gasteiger partial charge in [-0.3, -0.25) is 4.98 Å².